The molecule has 1 aliphatic heterocycles. The van der Waals surface area contributed by atoms with E-state index in [4.69, 9.17) is 5.73 Å². The normalized spacial score (nSPS) is 25.1. The van der Waals surface area contributed by atoms with Gasteiger partial charge in [0, 0.05) is 25.7 Å². The topological polar surface area (TPSA) is 60.0 Å². The lowest BCUT2D eigenvalue weighted by Gasteiger charge is -2.34. The quantitative estimate of drug-likeness (QED) is 0.898. The molecule has 2 heterocycles. The van der Waals surface area contributed by atoms with Gasteiger partial charge in [-0.15, -0.1) is 17.5 Å². The maximum Gasteiger partial charge on any atom is 0.0967 e. The molecule has 1 aliphatic rings. The predicted molar refractivity (Wildman–Crippen MR) is 79.3 cm³/mol. The molecule has 0 amide bonds. The number of nitrogens with zero attached hydrogens (tertiary/aromatic N) is 4. The summed E-state index contributed by atoms with van der Waals surface area (Å²) in [6.45, 7) is 11.6. The van der Waals surface area contributed by atoms with Crippen molar-refractivity contribution in [2.24, 2.45) is 11.7 Å². The van der Waals surface area contributed by atoms with Gasteiger partial charge in [-0.2, -0.15) is 0 Å². The maximum absolute atomic E-state index is 6.04. The molecule has 0 bridgehead atoms. The molecular weight excluding hydrogens is 262 g/mol. The van der Waals surface area contributed by atoms with Gasteiger partial charge < -0.3 is 5.73 Å². The summed E-state index contributed by atoms with van der Waals surface area (Å²) in [6, 6.07) is 0.353. The average molecular weight is 288 g/mol. The van der Waals surface area contributed by atoms with Crippen LogP contribution in [0.1, 0.15) is 39.8 Å². The second-order valence-electron chi connectivity index (χ2n) is 6.49. The molecular formula is C13H26ClN5. The Hall–Kier alpha value is -0.650. The van der Waals surface area contributed by atoms with Crippen molar-refractivity contribution in [2.75, 3.05) is 13.1 Å². The Labute approximate surface area is 121 Å². The van der Waals surface area contributed by atoms with Crippen LogP contribution in [-0.4, -0.2) is 39.0 Å². The molecule has 0 saturated carbocycles. The van der Waals surface area contributed by atoms with Crippen molar-refractivity contribution in [3.8, 4) is 0 Å². The van der Waals surface area contributed by atoms with Gasteiger partial charge in [-0.3, -0.25) is 4.90 Å². The summed E-state index contributed by atoms with van der Waals surface area (Å²) in [4.78, 5) is 2.42. The zero-order chi connectivity index (χ0) is 13.3. The third-order valence-electron chi connectivity index (χ3n) is 3.67. The lowest BCUT2D eigenvalue weighted by molar-refractivity contribution is 0.156. The Bertz CT molecular complexity index is 398. The van der Waals surface area contributed by atoms with Crippen molar-refractivity contribution in [1.82, 2.24) is 19.9 Å². The van der Waals surface area contributed by atoms with Crippen molar-refractivity contribution in [1.29, 1.82) is 0 Å². The van der Waals surface area contributed by atoms with Gasteiger partial charge in [0.05, 0.1) is 17.4 Å². The monoisotopic (exact) mass is 287 g/mol. The summed E-state index contributed by atoms with van der Waals surface area (Å²) in [5.74, 6) is 0.566. The Morgan fingerprint density at radius 3 is 2.63 bits per heavy atom. The minimum Gasteiger partial charge on any atom is -0.327 e. The fourth-order valence-electron chi connectivity index (χ4n) is 2.32. The third kappa shape index (κ3) is 4.16. The van der Waals surface area contributed by atoms with Gasteiger partial charge in [-0.1, -0.05) is 12.1 Å². The molecule has 0 aromatic carbocycles. The zero-order valence-corrected chi connectivity index (χ0v) is 13.2. The van der Waals surface area contributed by atoms with E-state index in [0.29, 0.717) is 12.0 Å². The molecule has 1 aromatic heterocycles. The summed E-state index contributed by atoms with van der Waals surface area (Å²) >= 11 is 0. The molecule has 0 radical (unpaired) electrons. The van der Waals surface area contributed by atoms with Crippen LogP contribution < -0.4 is 5.73 Å². The van der Waals surface area contributed by atoms with Gasteiger partial charge in [0.2, 0.25) is 0 Å². The maximum atomic E-state index is 6.04. The molecule has 1 fully saturated rings. The smallest absolute Gasteiger partial charge is 0.0967 e. The van der Waals surface area contributed by atoms with Crippen molar-refractivity contribution in [3.63, 3.8) is 0 Å². The van der Waals surface area contributed by atoms with Crippen LogP contribution in [0.25, 0.3) is 0 Å². The van der Waals surface area contributed by atoms with Crippen molar-refractivity contribution >= 4 is 12.4 Å². The third-order valence-corrected chi connectivity index (χ3v) is 3.67. The molecule has 1 aromatic rings. The first-order valence-electron chi connectivity index (χ1n) is 6.76. The molecule has 110 valence electrons. The highest BCUT2D eigenvalue weighted by atomic mass is 35.5. The van der Waals surface area contributed by atoms with E-state index in [1.54, 1.807) is 0 Å². The van der Waals surface area contributed by atoms with Gasteiger partial charge >= 0.3 is 0 Å². The van der Waals surface area contributed by atoms with E-state index in [1.165, 1.54) is 0 Å². The molecule has 0 aliphatic carbocycles. The van der Waals surface area contributed by atoms with Crippen LogP contribution >= 0.6 is 12.4 Å². The van der Waals surface area contributed by atoms with Crippen LogP contribution in [0.2, 0.25) is 0 Å². The summed E-state index contributed by atoms with van der Waals surface area (Å²) in [5, 5.41) is 8.46. The number of hydrogen-bond donors (Lipinski definition) is 1. The number of halogens is 1. The van der Waals surface area contributed by atoms with Crippen LogP contribution in [0.4, 0.5) is 0 Å². The van der Waals surface area contributed by atoms with Crippen LogP contribution in [0.15, 0.2) is 6.20 Å². The Morgan fingerprint density at radius 1 is 1.42 bits per heavy atom. The van der Waals surface area contributed by atoms with E-state index in [0.717, 1.165) is 31.7 Å². The Balaban J connectivity index is 0.00000180. The second-order valence-corrected chi connectivity index (χ2v) is 6.49. The van der Waals surface area contributed by atoms with Gasteiger partial charge in [-0.05, 0) is 33.1 Å². The van der Waals surface area contributed by atoms with Crippen LogP contribution in [0.5, 0.6) is 0 Å². The molecule has 6 heteroatoms. The predicted octanol–water partition coefficient (Wildman–Crippen LogP) is 1.62. The van der Waals surface area contributed by atoms with E-state index in [-0.39, 0.29) is 17.9 Å². The average Bonchev–Trinajstić information content (AvgIpc) is 2.72. The van der Waals surface area contributed by atoms with Crippen LogP contribution in [0.3, 0.4) is 0 Å². The largest absolute Gasteiger partial charge is 0.327 e. The molecule has 2 unspecified atom stereocenters. The number of likely N-dealkylation sites (tertiary alicyclic amines) is 1. The standard InChI is InChI=1S/C13H25N5.ClH/c1-10-7-17(6-5-12(10)14)8-11-9-18(16-15-11)13(2,3)4;/h9-10,12H,5-8,14H2,1-4H3;1H. The highest BCUT2D eigenvalue weighted by Crippen LogP contribution is 2.17. The zero-order valence-electron chi connectivity index (χ0n) is 12.3. The molecule has 2 N–H and O–H groups in total. The SMILES string of the molecule is CC1CN(Cc2cn(C(C)(C)C)nn2)CCC1N.Cl. The molecule has 19 heavy (non-hydrogen) atoms. The number of hydrogen-bond acceptors (Lipinski definition) is 4. The minimum absolute atomic E-state index is 0. The number of nitrogens with two attached hydrogens (primary N) is 1. The number of piperidine rings is 1. The molecule has 1 saturated heterocycles. The van der Waals surface area contributed by atoms with Crippen molar-refractivity contribution in [3.05, 3.63) is 11.9 Å². The highest BCUT2D eigenvalue weighted by Gasteiger charge is 2.24. The first-order valence-corrected chi connectivity index (χ1v) is 6.76. The van der Waals surface area contributed by atoms with Crippen LogP contribution in [0, 0.1) is 5.92 Å². The molecule has 0 spiro atoms. The minimum atomic E-state index is 0. The van der Waals surface area contributed by atoms with Gasteiger partial charge in [-0.25, -0.2) is 4.68 Å². The van der Waals surface area contributed by atoms with Gasteiger partial charge in [0.25, 0.3) is 0 Å². The summed E-state index contributed by atoms with van der Waals surface area (Å²) in [5.41, 5.74) is 7.09. The van der Waals surface area contributed by atoms with Gasteiger partial charge in [0.1, 0.15) is 0 Å². The van der Waals surface area contributed by atoms with Crippen molar-refractivity contribution < 1.29 is 0 Å². The molecule has 2 rings (SSSR count). The first-order chi connectivity index (χ1) is 8.36. The lowest BCUT2D eigenvalue weighted by Crippen LogP contribution is -2.45. The Morgan fingerprint density at radius 2 is 2.11 bits per heavy atom. The van der Waals surface area contributed by atoms with E-state index < -0.39 is 0 Å². The van der Waals surface area contributed by atoms with Gasteiger partial charge in [0.15, 0.2) is 0 Å². The molecule has 2 atom stereocenters. The molecule has 5 nitrogen and oxygen atoms in total. The van der Waals surface area contributed by atoms with E-state index in [2.05, 4.69) is 49.1 Å². The fraction of sp³-hybridized carbons (Fsp3) is 0.846. The van der Waals surface area contributed by atoms with Crippen molar-refractivity contribution in [2.45, 2.75) is 52.2 Å². The Kier molecular flexibility index (Phi) is 5.35. The highest BCUT2D eigenvalue weighted by molar-refractivity contribution is 5.85. The first kappa shape index (κ1) is 16.4. The van der Waals surface area contributed by atoms with E-state index in [9.17, 15) is 0 Å². The second kappa shape index (κ2) is 6.20. The lowest BCUT2D eigenvalue weighted by atomic mass is 9.95. The van der Waals surface area contributed by atoms with Crippen LogP contribution in [-0.2, 0) is 12.1 Å². The summed E-state index contributed by atoms with van der Waals surface area (Å²) < 4.78 is 1.93. The number of rotatable bonds is 2. The van der Waals surface area contributed by atoms with E-state index in [1.807, 2.05) is 4.68 Å². The summed E-state index contributed by atoms with van der Waals surface area (Å²) in [6.07, 6.45) is 3.13. The fourth-order valence-corrected chi connectivity index (χ4v) is 2.32. The summed E-state index contributed by atoms with van der Waals surface area (Å²) in [7, 11) is 0. The number of aromatic nitrogens is 3. The van der Waals surface area contributed by atoms with E-state index >= 15 is 0 Å².